The fraction of sp³-hybridized carbons (Fsp3) is 0.574. The number of carboxylic acids is 1. The van der Waals surface area contributed by atoms with Crippen molar-refractivity contribution in [2.45, 2.75) is 89.3 Å². The van der Waals surface area contributed by atoms with Crippen LogP contribution in [-0.4, -0.2) is 144 Å². The number of ether oxygens (including phenoxy) is 2. The number of pyridine rings is 4. The van der Waals surface area contributed by atoms with Gasteiger partial charge in [0, 0.05) is 70.7 Å². The van der Waals surface area contributed by atoms with Crippen LogP contribution in [0.25, 0.3) is 21.8 Å². The number of carbonyl (C=O) groups is 2. The maximum Gasteiger partial charge on any atom is 0.354 e. The van der Waals surface area contributed by atoms with Gasteiger partial charge in [0.2, 0.25) is 0 Å². The number of nitrogens with two attached hydrogens (primary N) is 1. The predicted molar refractivity (Wildman–Crippen MR) is 249 cm³/mol. The van der Waals surface area contributed by atoms with Gasteiger partial charge in [0.05, 0.1) is 46.0 Å². The quantitative estimate of drug-likeness (QED) is 0.144. The molecular formula is C47H63N11O7. The molecule has 0 spiro atoms. The molecule has 4 fully saturated rings. The zero-order valence-corrected chi connectivity index (χ0v) is 38.2. The van der Waals surface area contributed by atoms with E-state index >= 15 is 0 Å². The smallest absolute Gasteiger partial charge is 0.354 e. The Morgan fingerprint density at radius 2 is 1.14 bits per heavy atom. The number of nitriles is 2. The van der Waals surface area contributed by atoms with Gasteiger partial charge in [-0.3, -0.25) is 19.4 Å². The SMILES string of the molecule is COC1(C)CCN(c2c(C#N)c(=O)[nH]c3cnc(C(=O)CCCN4CCCC4)cc23)CC1.COC1(C)CCN(c2c(C#N)c(=O)[nH]c3cnc(C(=O)O)cc23)CC1.NCCN1CCCC1. The zero-order valence-electron chi connectivity index (χ0n) is 38.2. The number of likely N-dealkylation sites (tertiary alicyclic amines) is 2. The molecule has 5 N–H and O–H groups in total. The number of hydrogen-bond donors (Lipinski definition) is 4. The highest BCUT2D eigenvalue weighted by Gasteiger charge is 2.33. The highest BCUT2D eigenvalue weighted by atomic mass is 16.5. The molecule has 0 atom stereocenters. The molecule has 18 nitrogen and oxygen atoms in total. The number of methoxy groups -OCH3 is 2. The number of ketones is 1. The van der Waals surface area contributed by atoms with E-state index in [2.05, 4.69) is 47.6 Å². The second kappa shape index (κ2) is 21.9. The predicted octanol–water partition coefficient (Wildman–Crippen LogP) is 4.40. The number of aromatic nitrogens is 4. The van der Waals surface area contributed by atoms with Crippen molar-refractivity contribution in [3.63, 3.8) is 0 Å². The van der Waals surface area contributed by atoms with E-state index in [1.807, 2.05) is 17.9 Å². The van der Waals surface area contributed by atoms with Gasteiger partial charge in [0.25, 0.3) is 11.1 Å². The normalized spacial score (nSPS) is 18.3. The summed E-state index contributed by atoms with van der Waals surface area (Å²) in [6.07, 6.45) is 12.4. The lowest BCUT2D eigenvalue weighted by atomic mass is 9.92. The first kappa shape index (κ1) is 48.7. The number of Topliss-reactive ketones (excluding diaryl/α,β-unsaturated/α-hetero) is 1. The minimum Gasteiger partial charge on any atom is -0.477 e. The molecule has 0 radical (unpaired) electrons. The van der Waals surface area contributed by atoms with E-state index in [9.17, 15) is 34.8 Å². The fourth-order valence-electron chi connectivity index (χ4n) is 9.09. The number of hydrogen-bond acceptors (Lipinski definition) is 15. The van der Waals surface area contributed by atoms with Gasteiger partial charge in [-0.2, -0.15) is 10.5 Å². The summed E-state index contributed by atoms with van der Waals surface area (Å²) in [4.78, 5) is 71.3. The van der Waals surface area contributed by atoms with E-state index in [0.29, 0.717) is 71.5 Å². The highest BCUT2D eigenvalue weighted by Crippen LogP contribution is 2.35. The van der Waals surface area contributed by atoms with Crippen LogP contribution in [0.4, 0.5) is 11.4 Å². The number of carbonyl (C=O) groups excluding carboxylic acids is 1. The Morgan fingerprint density at radius 1 is 0.723 bits per heavy atom. The topological polar surface area (TPSA) is 251 Å². The first-order chi connectivity index (χ1) is 31.2. The molecule has 0 saturated carbocycles. The number of aromatic carboxylic acids is 1. The van der Waals surface area contributed by atoms with E-state index in [-0.39, 0.29) is 33.8 Å². The number of aromatic amines is 2. The number of piperidine rings is 2. The van der Waals surface area contributed by atoms with Gasteiger partial charge < -0.3 is 49.9 Å². The Kier molecular flexibility index (Phi) is 16.4. The van der Waals surface area contributed by atoms with Gasteiger partial charge in [0.1, 0.15) is 34.7 Å². The minimum atomic E-state index is -1.16. The third-order valence-electron chi connectivity index (χ3n) is 13.5. The molecule has 0 unspecified atom stereocenters. The van der Waals surface area contributed by atoms with Crippen molar-refractivity contribution in [1.29, 1.82) is 10.5 Å². The molecular weight excluding hydrogens is 831 g/mol. The molecule has 4 aliphatic rings. The molecule has 4 aromatic rings. The van der Waals surface area contributed by atoms with E-state index in [4.69, 9.17) is 15.2 Å². The van der Waals surface area contributed by atoms with Crippen molar-refractivity contribution in [2.75, 3.05) is 96.0 Å². The third-order valence-corrected chi connectivity index (χ3v) is 13.5. The summed E-state index contributed by atoms with van der Waals surface area (Å²) in [6, 6.07) is 7.16. The third kappa shape index (κ3) is 11.7. The summed E-state index contributed by atoms with van der Waals surface area (Å²) < 4.78 is 11.2. The Morgan fingerprint density at radius 3 is 1.54 bits per heavy atom. The van der Waals surface area contributed by atoms with Crippen LogP contribution in [0.2, 0.25) is 0 Å². The summed E-state index contributed by atoms with van der Waals surface area (Å²) in [5.74, 6) is -1.17. The standard InChI is InChI=1S/C24H31N5O3.C17H18N4O4.C6H14N2/c1-24(32-2)7-12-29(13-8-24)22-17-14-19(21(30)6-5-11-28-9-3-4-10-28)26-16-20(17)27-23(31)18(22)15-25;1-17(25-2)3-5-21(6-4-17)14-10-7-12(16(23)24)19-9-13(10)20-15(22)11(14)8-18;7-3-6-8-4-1-2-5-8/h14,16H,3-13H2,1-2H3,(H,27,31);7,9H,3-6H2,1-2H3,(H,20,22)(H,23,24);1-7H2. The van der Waals surface area contributed by atoms with E-state index in [1.165, 1.54) is 57.2 Å². The molecule has 18 heteroatoms. The van der Waals surface area contributed by atoms with E-state index < -0.39 is 17.1 Å². The van der Waals surface area contributed by atoms with Crippen molar-refractivity contribution >= 4 is 44.9 Å². The molecule has 0 aliphatic carbocycles. The second-order valence-corrected chi connectivity index (χ2v) is 17.8. The summed E-state index contributed by atoms with van der Waals surface area (Å²) in [6.45, 7) is 14.3. The maximum absolute atomic E-state index is 12.8. The first-order valence-corrected chi connectivity index (χ1v) is 22.7. The molecule has 4 aliphatic heterocycles. The zero-order chi connectivity index (χ0) is 46.7. The van der Waals surface area contributed by atoms with Crippen molar-refractivity contribution in [1.82, 2.24) is 29.7 Å². The van der Waals surface area contributed by atoms with Crippen LogP contribution < -0.4 is 26.7 Å². The van der Waals surface area contributed by atoms with Crippen molar-refractivity contribution in [3.8, 4) is 12.1 Å². The molecule has 4 aromatic heterocycles. The van der Waals surface area contributed by atoms with Crippen molar-refractivity contribution in [3.05, 3.63) is 67.7 Å². The van der Waals surface area contributed by atoms with Crippen LogP contribution in [0.1, 0.15) is 110 Å². The van der Waals surface area contributed by atoms with Gasteiger partial charge in [-0.25, -0.2) is 9.78 Å². The van der Waals surface area contributed by atoms with Crippen LogP contribution in [0.3, 0.4) is 0 Å². The lowest BCUT2D eigenvalue weighted by Crippen LogP contribution is -2.44. The Balaban J connectivity index is 0.000000188. The summed E-state index contributed by atoms with van der Waals surface area (Å²) in [7, 11) is 3.38. The summed E-state index contributed by atoms with van der Waals surface area (Å²) >= 11 is 0. The van der Waals surface area contributed by atoms with Gasteiger partial charge >= 0.3 is 5.97 Å². The number of H-pyrrole nitrogens is 2. The minimum absolute atomic E-state index is 0.00708. The molecule has 8 heterocycles. The maximum atomic E-state index is 12.8. The van der Waals surface area contributed by atoms with Crippen LogP contribution in [-0.2, 0) is 9.47 Å². The van der Waals surface area contributed by atoms with E-state index in [0.717, 1.165) is 64.8 Å². The molecule has 0 amide bonds. The molecule has 0 aromatic carbocycles. The van der Waals surface area contributed by atoms with Gasteiger partial charge in [-0.1, -0.05) is 0 Å². The Hall–Kier alpha value is -5.76. The molecule has 0 bridgehead atoms. The second-order valence-electron chi connectivity index (χ2n) is 17.8. The number of anilines is 2. The number of nitrogens with one attached hydrogen (secondary N) is 2. The lowest BCUT2D eigenvalue weighted by Gasteiger charge is -2.40. The molecule has 348 valence electrons. The van der Waals surface area contributed by atoms with Crippen molar-refractivity contribution in [2.24, 2.45) is 5.73 Å². The lowest BCUT2D eigenvalue weighted by molar-refractivity contribution is -0.0134. The average molecular weight is 894 g/mol. The number of nitrogens with zero attached hydrogens (tertiary/aromatic N) is 8. The van der Waals surface area contributed by atoms with Gasteiger partial charge in [-0.15, -0.1) is 0 Å². The van der Waals surface area contributed by atoms with Crippen LogP contribution in [0, 0.1) is 22.7 Å². The van der Waals surface area contributed by atoms with Gasteiger partial charge in [-0.05, 0) is 116 Å². The number of fused-ring (bicyclic) bond motifs is 2. The van der Waals surface area contributed by atoms with Gasteiger partial charge in [0.15, 0.2) is 5.78 Å². The Labute approximate surface area is 379 Å². The van der Waals surface area contributed by atoms with Crippen molar-refractivity contribution < 1.29 is 24.2 Å². The first-order valence-electron chi connectivity index (χ1n) is 22.7. The molecule has 65 heavy (non-hydrogen) atoms. The average Bonchev–Trinajstić information content (AvgIpc) is 4.04. The van der Waals surface area contributed by atoms with Crippen LogP contribution >= 0.6 is 0 Å². The Bertz CT molecular complexity index is 2520. The summed E-state index contributed by atoms with van der Waals surface area (Å²) in [5, 5.41) is 29.6. The van der Waals surface area contributed by atoms with Crippen LogP contribution in [0.15, 0.2) is 34.1 Å². The summed E-state index contributed by atoms with van der Waals surface area (Å²) in [5.41, 5.74) is 6.30. The molecule has 8 rings (SSSR count). The van der Waals surface area contributed by atoms with E-state index in [1.54, 1.807) is 20.3 Å². The van der Waals surface area contributed by atoms with Crippen LogP contribution in [0.5, 0.6) is 0 Å². The number of carboxylic acid groups (broad SMARTS) is 1. The number of rotatable bonds is 12. The monoisotopic (exact) mass is 893 g/mol. The molecule has 4 saturated heterocycles. The fourth-order valence-corrected chi connectivity index (χ4v) is 9.09. The highest BCUT2D eigenvalue weighted by molar-refractivity contribution is 6.01. The largest absolute Gasteiger partial charge is 0.477 e.